The van der Waals surface area contributed by atoms with Crippen LogP contribution in [-0.4, -0.2) is 20.4 Å². The second-order valence-electron chi connectivity index (χ2n) is 2.80. The summed E-state index contributed by atoms with van der Waals surface area (Å²) in [5, 5.41) is 6.12. The van der Waals surface area contributed by atoms with Crippen LogP contribution in [0.25, 0.3) is 6.08 Å². The van der Waals surface area contributed by atoms with Crippen molar-refractivity contribution in [2.24, 2.45) is 0 Å². The number of carbonyl (C=O) groups excluding carboxylic acids is 1. The van der Waals surface area contributed by atoms with Crippen molar-refractivity contribution >= 4 is 23.7 Å². The molecule has 0 aliphatic heterocycles. The molecule has 0 aromatic heterocycles. The highest BCUT2D eigenvalue weighted by Gasteiger charge is 1.97. The van der Waals surface area contributed by atoms with Crippen LogP contribution >= 0.6 is 0 Å². The minimum absolute atomic E-state index is 0.769. The fraction of sp³-hybridized carbons (Fsp3) is 0.182. The highest BCUT2D eigenvalue weighted by molar-refractivity contribution is 5.79. The Bertz CT molecular complexity index is 345. The molecule has 14 heavy (non-hydrogen) atoms. The number of hydrogen-bond acceptors (Lipinski definition) is 3. The second kappa shape index (κ2) is 5.07. The van der Waals surface area contributed by atoms with Gasteiger partial charge in [-0.15, -0.1) is 0 Å². The Balaban J connectivity index is 3.04. The first-order valence-electron chi connectivity index (χ1n) is 4.43. The molecule has 3 heteroatoms. The minimum atomic E-state index is 0.769. The van der Waals surface area contributed by atoms with Crippen LogP contribution < -0.4 is 10.6 Å². The predicted molar refractivity (Wildman–Crippen MR) is 60.6 cm³/mol. The molecule has 0 bridgehead atoms. The lowest BCUT2D eigenvalue weighted by molar-refractivity contribution is -0.104. The Morgan fingerprint density at radius 2 is 2.00 bits per heavy atom. The first-order valence-corrected chi connectivity index (χ1v) is 4.43. The molecule has 0 saturated heterocycles. The summed E-state index contributed by atoms with van der Waals surface area (Å²) in [7, 11) is 3.72. The van der Waals surface area contributed by atoms with E-state index < -0.39 is 0 Å². The van der Waals surface area contributed by atoms with Crippen molar-refractivity contribution in [3.63, 3.8) is 0 Å². The standard InChI is InChI=1S/C11H14N2O/c1-12-10-6-5-9(4-3-7-14)11(8-10)13-2/h3-8,12-13H,1-2H3/b4-3+. The minimum Gasteiger partial charge on any atom is -0.388 e. The van der Waals surface area contributed by atoms with Gasteiger partial charge in [0.25, 0.3) is 0 Å². The van der Waals surface area contributed by atoms with E-state index in [2.05, 4.69) is 10.6 Å². The molecule has 0 unspecified atom stereocenters. The largest absolute Gasteiger partial charge is 0.388 e. The second-order valence-corrected chi connectivity index (χ2v) is 2.80. The van der Waals surface area contributed by atoms with E-state index in [0.29, 0.717) is 0 Å². The zero-order valence-electron chi connectivity index (χ0n) is 8.37. The van der Waals surface area contributed by atoms with Crippen molar-refractivity contribution in [1.82, 2.24) is 0 Å². The van der Waals surface area contributed by atoms with Crippen molar-refractivity contribution < 1.29 is 4.79 Å². The van der Waals surface area contributed by atoms with Crippen LogP contribution in [-0.2, 0) is 4.79 Å². The molecule has 0 saturated carbocycles. The van der Waals surface area contributed by atoms with Crippen molar-refractivity contribution in [3.8, 4) is 0 Å². The van der Waals surface area contributed by atoms with Gasteiger partial charge in [-0.2, -0.15) is 0 Å². The van der Waals surface area contributed by atoms with Gasteiger partial charge in [-0.25, -0.2) is 0 Å². The van der Waals surface area contributed by atoms with E-state index in [0.717, 1.165) is 23.2 Å². The molecule has 74 valence electrons. The van der Waals surface area contributed by atoms with Crippen LogP contribution in [0.4, 0.5) is 11.4 Å². The summed E-state index contributed by atoms with van der Waals surface area (Å²) in [5.41, 5.74) is 3.03. The lowest BCUT2D eigenvalue weighted by Crippen LogP contribution is -1.94. The van der Waals surface area contributed by atoms with E-state index in [9.17, 15) is 4.79 Å². The molecule has 0 spiro atoms. The van der Waals surface area contributed by atoms with Crippen LogP contribution in [0, 0.1) is 0 Å². The number of nitrogens with one attached hydrogen (secondary N) is 2. The highest BCUT2D eigenvalue weighted by Crippen LogP contribution is 2.21. The lowest BCUT2D eigenvalue weighted by Gasteiger charge is -2.07. The van der Waals surface area contributed by atoms with Gasteiger partial charge in [0.15, 0.2) is 0 Å². The molecule has 0 atom stereocenters. The molecule has 2 N–H and O–H groups in total. The van der Waals surface area contributed by atoms with Gasteiger partial charge in [0.2, 0.25) is 0 Å². The molecule has 1 rings (SSSR count). The average molecular weight is 190 g/mol. The maximum Gasteiger partial charge on any atom is 0.142 e. The van der Waals surface area contributed by atoms with Crippen molar-refractivity contribution in [2.45, 2.75) is 0 Å². The third-order valence-corrected chi connectivity index (χ3v) is 1.97. The van der Waals surface area contributed by atoms with Crippen LogP contribution in [0.2, 0.25) is 0 Å². The molecule has 0 aliphatic carbocycles. The van der Waals surface area contributed by atoms with Crippen molar-refractivity contribution in [1.29, 1.82) is 0 Å². The van der Waals surface area contributed by atoms with E-state index in [1.165, 1.54) is 6.08 Å². The summed E-state index contributed by atoms with van der Waals surface area (Å²) < 4.78 is 0. The van der Waals surface area contributed by atoms with Crippen molar-refractivity contribution in [2.75, 3.05) is 24.7 Å². The molecular formula is C11H14N2O. The molecular weight excluding hydrogens is 176 g/mol. The van der Waals surface area contributed by atoms with Gasteiger partial charge in [-0.1, -0.05) is 6.07 Å². The number of aldehydes is 1. The summed E-state index contributed by atoms with van der Waals surface area (Å²) in [5.74, 6) is 0. The lowest BCUT2D eigenvalue weighted by atomic mass is 10.1. The van der Waals surface area contributed by atoms with Gasteiger partial charge >= 0.3 is 0 Å². The zero-order chi connectivity index (χ0) is 10.4. The Labute approximate surface area is 83.8 Å². The normalized spacial score (nSPS) is 10.1. The van der Waals surface area contributed by atoms with E-state index in [4.69, 9.17) is 0 Å². The molecule has 1 aromatic carbocycles. The molecule has 3 nitrogen and oxygen atoms in total. The van der Waals surface area contributed by atoms with Crippen LogP contribution in [0.15, 0.2) is 24.3 Å². The molecule has 0 amide bonds. The molecule has 0 aliphatic rings. The Morgan fingerprint density at radius 3 is 2.57 bits per heavy atom. The first-order chi connectivity index (χ1) is 6.81. The van der Waals surface area contributed by atoms with E-state index in [1.807, 2.05) is 32.3 Å². The zero-order valence-corrected chi connectivity index (χ0v) is 8.37. The Kier molecular flexibility index (Phi) is 3.73. The first kappa shape index (κ1) is 10.3. The number of hydrogen-bond donors (Lipinski definition) is 2. The van der Waals surface area contributed by atoms with Gasteiger partial charge in [0, 0.05) is 25.5 Å². The number of rotatable bonds is 4. The van der Waals surface area contributed by atoms with Crippen LogP contribution in [0.5, 0.6) is 0 Å². The fourth-order valence-corrected chi connectivity index (χ4v) is 1.22. The SMILES string of the molecule is CNc1ccc(/C=C/C=O)c(NC)c1. The summed E-state index contributed by atoms with van der Waals surface area (Å²) in [6, 6.07) is 5.91. The number of allylic oxidation sites excluding steroid dienone is 1. The van der Waals surface area contributed by atoms with Gasteiger partial charge in [-0.3, -0.25) is 4.79 Å². The molecule has 0 heterocycles. The maximum absolute atomic E-state index is 10.2. The van der Waals surface area contributed by atoms with E-state index in [-0.39, 0.29) is 0 Å². The summed E-state index contributed by atoms with van der Waals surface area (Å²) >= 11 is 0. The van der Waals surface area contributed by atoms with Crippen LogP contribution in [0.3, 0.4) is 0 Å². The van der Waals surface area contributed by atoms with E-state index >= 15 is 0 Å². The predicted octanol–water partition coefficient (Wildman–Crippen LogP) is 1.98. The Morgan fingerprint density at radius 1 is 1.21 bits per heavy atom. The summed E-state index contributed by atoms with van der Waals surface area (Å²) in [6.07, 6.45) is 4.03. The Hall–Kier alpha value is -1.77. The van der Waals surface area contributed by atoms with Crippen LogP contribution in [0.1, 0.15) is 5.56 Å². The number of anilines is 2. The molecule has 0 radical (unpaired) electrons. The third kappa shape index (κ3) is 2.36. The van der Waals surface area contributed by atoms with E-state index in [1.54, 1.807) is 6.08 Å². The highest BCUT2D eigenvalue weighted by atomic mass is 16.1. The summed E-state index contributed by atoms with van der Waals surface area (Å²) in [4.78, 5) is 10.2. The molecule has 1 aromatic rings. The van der Waals surface area contributed by atoms with Gasteiger partial charge in [-0.05, 0) is 29.8 Å². The van der Waals surface area contributed by atoms with Gasteiger partial charge in [0.05, 0.1) is 0 Å². The number of benzene rings is 1. The molecule has 0 fully saturated rings. The van der Waals surface area contributed by atoms with Gasteiger partial charge < -0.3 is 10.6 Å². The third-order valence-electron chi connectivity index (χ3n) is 1.97. The number of carbonyl (C=O) groups is 1. The quantitative estimate of drug-likeness (QED) is 0.563. The maximum atomic E-state index is 10.2. The monoisotopic (exact) mass is 190 g/mol. The summed E-state index contributed by atoms with van der Waals surface area (Å²) in [6.45, 7) is 0. The van der Waals surface area contributed by atoms with Gasteiger partial charge in [0.1, 0.15) is 6.29 Å². The fourth-order valence-electron chi connectivity index (χ4n) is 1.22. The average Bonchev–Trinajstić information content (AvgIpc) is 2.26. The topological polar surface area (TPSA) is 41.1 Å². The smallest absolute Gasteiger partial charge is 0.142 e. The van der Waals surface area contributed by atoms with Crippen molar-refractivity contribution in [3.05, 3.63) is 29.8 Å².